The van der Waals surface area contributed by atoms with Crippen LogP contribution in [0.15, 0.2) is 29.9 Å². The lowest BCUT2D eigenvalue weighted by Gasteiger charge is -2.24. The van der Waals surface area contributed by atoms with E-state index in [0.29, 0.717) is 5.39 Å². The van der Waals surface area contributed by atoms with Gasteiger partial charge >= 0.3 is 0 Å². The van der Waals surface area contributed by atoms with Crippen molar-refractivity contribution in [1.29, 1.82) is 0 Å². The van der Waals surface area contributed by atoms with Gasteiger partial charge in [0.05, 0.1) is 18.1 Å². The van der Waals surface area contributed by atoms with Crippen molar-refractivity contribution in [3.63, 3.8) is 0 Å². The van der Waals surface area contributed by atoms with E-state index in [1.807, 2.05) is 0 Å². The quantitative estimate of drug-likeness (QED) is 0.825. The highest BCUT2D eigenvalue weighted by Crippen LogP contribution is 2.32. The van der Waals surface area contributed by atoms with E-state index < -0.39 is 17.9 Å². The highest BCUT2D eigenvalue weighted by Gasteiger charge is 2.33. The summed E-state index contributed by atoms with van der Waals surface area (Å²) < 4.78 is 29.4. The summed E-state index contributed by atoms with van der Waals surface area (Å²) in [6.45, 7) is -0.259. The van der Waals surface area contributed by atoms with Crippen molar-refractivity contribution in [3.05, 3.63) is 35.0 Å². The summed E-state index contributed by atoms with van der Waals surface area (Å²) >= 11 is 5.92. The monoisotopic (exact) mass is 312 g/mol. The van der Waals surface area contributed by atoms with Crippen molar-refractivity contribution >= 4 is 28.6 Å². The second kappa shape index (κ2) is 4.66. The first kappa shape index (κ1) is 13.7. The molecule has 1 aliphatic rings. The molecule has 0 saturated carbocycles. The maximum atomic E-state index is 14.8. The Labute approximate surface area is 123 Å². The maximum absolute atomic E-state index is 14.8. The number of fused-ring (bicyclic) bond motifs is 1. The number of nitrogens with two attached hydrogens (primary N) is 2. The minimum absolute atomic E-state index is 0.0323. The van der Waals surface area contributed by atoms with Crippen molar-refractivity contribution in [2.24, 2.45) is 5.73 Å². The second-order valence-corrected chi connectivity index (χ2v) is 5.22. The van der Waals surface area contributed by atoms with Gasteiger partial charge in [0.15, 0.2) is 11.3 Å². The standard InChI is InChI=1S/C12H11ClF2N6/c13-9-8-4-18-21(10(8)20-11(17)19-9)5-12(15)2-6(14)1-7(16)3-12/h1,3-4H,2,5,16H2,(H2,17,19,20). The Kier molecular flexibility index (Phi) is 3.05. The van der Waals surface area contributed by atoms with Crippen molar-refractivity contribution < 1.29 is 8.78 Å². The Morgan fingerprint density at radius 2 is 2.14 bits per heavy atom. The Balaban J connectivity index is 2.01. The van der Waals surface area contributed by atoms with Crippen molar-refractivity contribution in [2.75, 3.05) is 5.73 Å². The SMILES string of the molecule is NC1=CC(F)(Cn2ncc3c(Cl)nc(N)nc32)CC(F)=C1. The largest absolute Gasteiger partial charge is 0.399 e. The van der Waals surface area contributed by atoms with E-state index in [1.165, 1.54) is 10.9 Å². The van der Waals surface area contributed by atoms with Crippen LogP contribution in [0.3, 0.4) is 0 Å². The third kappa shape index (κ3) is 2.54. The molecule has 110 valence electrons. The third-order valence-electron chi connectivity index (χ3n) is 3.09. The maximum Gasteiger partial charge on any atom is 0.223 e. The second-order valence-electron chi connectivity index (χ2n) is 4.86. The molecule has 1 atom stereocenters. The lowest BCUT2D eigenvalue weighted by atomic mass is 9.95. The summed E-state index contributed by atoms with van der Waals surface area (Å²) in [6.07, 6.45) is 3.25. The molecule has 0 fully saturated rings. The van der Waals surface area contributed by atoms with Gasteiger partial charge in [-0.2, -0.15) is 10.1 Å². The highest BCUT2D eigenvalue weighted by atomic mass is 35.5. The molecule has 0 saturated heterocycles. The van der Waals surface area contributed by atoms with Crippen LogP contribution in [0, 0.1) is 0 Å². The fourth-order valence-electron chi connectivity index (χ4n) is 2.31. The molecular weight excluding hydrogens is 302 g/mol. The van der Waals surface area contributed by atoms with E-state index in [4.69, 9.17) is 23.1 Å². The summed E-state index contributed by atoms with van der Waals surface area (Å²) in [5.74, 6) is -0.673. The fourth-order valence-corrected chi connectivity index (χ4v) is 2.53. The zero-order chi connectivity index (χ0) is 15.2. The molecule has 0 bridgehead atoms. The minimum atomic E-state index is -1.99. The fraction of sp³-hybridized carbons (Fsp3) is 0.250. The predicted octanol–water partition coefficient (Wildman–Crippen LogP) is 1.87. The van der Waals surface area contributed by atoms with Crippen LogP contribution in [-0.2, 0) is 6.54 Å². The van der Waals surface area contributed by atoms with E-state index >= 15 is 0 Å². The molecule has 9 heteroatoms. The van der Waals surface area contributed by atoms with Crippen molar-refractivity contribution in [2.45, 2.75) is 18.6 Å². The predicted molar refractivity (Wildman–Crippen MR) is 74.7 cm³/mol. The highest BCUT2D eigenvalue weighted by molar-refractivity contribution is 6.34. The van der Waals surface area contributed by atoms with Crippen molar-refractivity contribution in [1.82, 2.24) is 19.7 Å². The molecule has 21 heavy (non-hydrogen) atoms. The van der Waals surface area contributed by atoms with E-state index in [2.05, 4.69) is 15.1 Å². The third-order valence-corrected chi connectivity index (χ3v) is 3.38. The molecule has 6 nitrogen and oxygen atoms in total. The average molecular weight is 313 g/mol. The minimum Gasteiger partial charge on any atom is -0.399 e. The number of halogens is 3. The number of alkyl halides is 1. The molecular formula is C12H11ClF2N6. The van der Waals surface area contributed by atoms with Crippen LogP contribution in [-0.4, -0.2) is 25.4 Å². The molecule has 0 aliphatic heterocycles. The lowest BCUT2D eigenvalue weighted by molar-refractivity contribution is 0.178. The Morgan fingerprint density at radius 1 is 1.38 bits per heavy atom. The van der Waals surface area contributed by atoms with Gasteiger partial charge in [-0.05, 0) is 12.2 Å². The van der Waals surface area contributed by atoms with E-state index in [9.17, 15) is 8.78 Å². The van der Waals surface area contributed by atoms with Gasteiger partial charge in [-0.1, -0.05) is 11.6 Å². The molecule has 4 N–H and O–H groups in total. The molecule has 2 heterocycles. The average Bonchev–Trinajstić information content (AvgIpc) is 2.70. The topological polar surface area (TPSA) is 95.6 Å². The molecule has 0 radical (unpaired) electrons. The lowest BCUT2D eigenvalue weighted by Crippen LogP contribution is -2.31. The summed E-state index contributed by atoms with van der Waals surface area (Å²) in [4.78, 5) is 7.77. The first-order valence-electron chi connectivity index (χ1n) is 6.04. The van der Waals surface area contributed by atoms with Gasteiger partial charge in [-0.15, -0.1) is 0 Å². The Hall–Kier alpha value is -2.22. The van der Waals surface area contributed by atoms with Crippen LogP contribution in [0.5, 0.6) is 0 Å². The van der Waals surface area contributed by atoms with Gasteiger partial charge in [0.25, 0.3) is 0 Å². The zero-order valence-electron chi connectivity index (χ0n) is 10.7. The smallest absolute Gasteiger partial charge is 0.223 e. The first-order chi connectivity index (χ1) is 9.86. The number of nitrogen functional groups attached to an aromatic ring is 1. The van der Waals surface area contributed by atoms with E-state index in [-0.39, 0.29) is 29.0 Å². The van der Waals surface area contributed by atoms with Crippen LogP contribution >= 0.6 is 11.6 Å². The number of hydrogen-bond donors (Lipinski definition) is 2. The zero-order valence-corrected chi connectivity index (χ0v) is 11.5. The molecule has 1 unspecified atom stereocenters. The molecule has 0 amide bonds. The van der Waals surface area contributed by atoms with Crippen LogP contribution in [0.1, 0.15) is 6.42 Å². The van der Waals surface area contributed by atoms with Gasteiger partial charge in [0.1, 0.15) is 11.0 Å². The number of nitrogens with zero attached hydrogens (tertiary/aromatic N) is 4. The van der Waals surface area contributed by atoms with E-state index in [1.54, 1.807) is 0 Å². The first-order valence-corrected chi connectivity index (χ1v) is 6.42. The number of rotatable bonds is 2. The number of hydrogen-bond acceptors (Lipinski definition) is 5. The van der Waals surface area contributed by atoms with Crippen LogP contribution in [0.4, 0.5) is 14.7 Å². The molecule has 2 aromatic heterocycles. The molecule has 2 aromatic rings. The van der Waals surface area contributed by atoms with Crippen LogP contribution in [0.25, 0.3) is 11.0 Å². The van der Waals surface area contributed by atoms with Crippen molar-refractivity contribution in [3.8, 4) is 0 Å². The number of allylic oxidation sites excluding steroid dienone is 3. The summed E-state index contributed by atoms with van der Waals surface area (Å²) in [5.41, 5.74) is 9.34. The summed E-state index contributed by atoms with van der Waals surface area (Å²) in [6, 6.07) is 0. The summed E-state index contributed by atoms with van der Waals surface area (Å²) in [5, 5.41) is 4.58. The van der Waals surface area contributed by atoms with Gasteiger partial charge < -0.3 is 11.5 Å². The molecule has 3 rings (SSSR count). The van der Waals surface area contributed by atoms with Gasteiger partial charge in [-0.25, -0.2) is 18.4 Å². The van der Waals surface area contributed by atoms with Crippen LogP contribution in [0.2, 0.25) is 5.15 Å². The van der Waals surface area contributed by atoms with E-state index in [0.717, 1.165) is 12.2 Å². The molecule has 0 spiro atoms. The Morgan fingerprint density at radius 3 is 2.86 bits per heavy atom. The van der Waals surface area contributed by atoms with Gasteiger partial charge in [0, 0.05) is 12.1 Å². The number of anilines is 1. The Bertz CT molecular complexity index is 783. The van der Waals surface area contributed by atoms with Gasteiger partial charge in [-0.3, -0.25) is 0 Å². The summed E-state index contributed by atoms with van der Waals surface area (Å²) in [7, 11) is 0. The number of aromatic nitrogens is 4. The van der Waals surface area contributed by atoms with Crippen LogP contribution < -0.4 is 11.5 Å². The molecule has 1 aliphatic carbocycles. The van der Waals surface area contributed by atoms with Gasteiger partial charge in [0.2, 0.25) is 5.95 Å². The molecule has 0 aromatic carbocycles. The normalized spacial score (nSPS) is 22.2.